The summed E-state index contributed by atoms with van der Waals surface area (Å²) in [4.78, 5) is 19.4. The number of nitrogens with zero attached hydrogens (tertiary/aromatic N) is 3. The molecule has 9 nitrogen and oxygen atoms in total. The number of primary amides is 1. The molecule has 1 aromatic heterocycles. The Hall–Kier alpha value is -1.80. The van der Waals surface area contributed by atoms with Crippen LogP contribution in [0.2, 0.25) is 0 Å². The summed E-state index contributed by atoms with van der Waals surface area (Å²) in [6, 6.07) is 0. The Bertz CT molecular complexity index is 502. The van der Waals surface area contributed by atoms with Crippen LogP contribution in [0, 0.1) is 5.16 Å². The molecule has 0 radical (unpaired) electrons. The van der Waals surface area contributed by atoms with Gasteiger partial charge in [-0.05, 0) is 6.92 Å². The highest BCUT2D eigenvalue weighted by atomic mass is 32.1. The Kier molecular flexibility index (Phi) is 4.73. The number of rotatable bonds is 6. The predicted octanol–water partition coefficient (Wildman–Crippen LogP) is 0.648. The lowest BCUT2D eigenvalue weighted by Gasteiger charge is -1.96. The molecule has 1 unspecified atom stereocenters. The minimum Gasteiger partial charge on any atom is -0.395 e. The maximum Gasteiger partial charge on any atom is 0.400 e. The summed E-state index contributed by atoms with van der Waals surface area (Å²) in [5, 5.41) is 10.0. The van der Waals surface area contributed by atoms with E-state index in [0.29, 0.717) is 0 Å². The number of nitrogens with two attached hydrogens (primary N) is 1. The highest BCUT2D eigenvalue weighted by Gasteiger charge is 2.18. The predicted molar refractivity (Wildman–Crippen MR) is 58.2 cm³/mol. The average molecular weight is 277 g/mol. The Labute approximate surface area is 100 Å². The summed E-state index contributed by atoms with van der Waals surface area (Å²) in [5.74, 6) is -0.958. The molecule has 0 saturated carbocycles. The molecule has 1 heterocycles. The van der Waals surface area contributed by atoms with Gasteiger partial charge in [0.05, 0.1) is 0 Å². The number of hydrogen-bond acceptors (Lipinski definition) is 9. The van der Waals surface area contributed by atoms with Gasteiger partial charge in [-0.2, -0.15) is 9.36 Å². The first-order valence-electron chi connectivity index (χ1n) is 4.25. The van der Waals surface area contributed by atoms with Crippen molar-refractivity contribution in [2.75, 3.05) is 6.61 Å². The Morgan fingerprint density at radius 1 is 1.71 bits per heavy atom. The fourth-order valence-corrected chi connectivity index (χ4v) is 1.68. The second-order valence-electron chi connectivity index (χ2n) is 2.45. The van der Waals surface area contributed by atoms with Crippen LogP contribution in [0.1, 0.15) is 12.7 Å². The van der Waals surface area contributed by atoms with Crippen LogP contribution in [0.25, 0.3) is 0 Å². The molecular formula is C6H8N5O4PS. The van der Waals surface area contributed by atoms with E-state index in [9.17, 15) is 9.36 Å². The molecule has 92 valence electrons. The summed E-state index contributed by atoms with van der Waals surface area (Å²) < 4.78 is 18.7. The van der Waals surface area contributed by atoms with Crippen molar-refractivity contribution in [1.82, 2.24) is 9.36 Å². The van der Waals surface area contributed by atoms with Crippen molar-refractivity contribution in [2.45, 2.75) is 6.92 Å². The lowest BCUT2D eigenvalue weighted by atomic mass is 10.3. The van der Waals surface area contributed by atoms with Crippen LogP contribution in [0.15, 0.2) is 5.16 Å². The van der Waals surface area contributed by atoms with E-state index in [-0.39, 0.29) is 23.3 Å². The first-order chi connectivity index (χ1) is 8.04. The van der Waals surface area contributed by atoms with E-state index in [4.69, 9.17) is 10.9 Å². The lowest BCUT2D eigenvalue weighted by molar-refractivity contribution is -0.112. The highest BCUT2D eigenvalue weighted by molar-refractivity contribution is 7.27. The first kappa shape index (κ1) is 13.3. The van der Waals surface area contributed by atoms with Crippen molar-refractivity contribution in [3.05, 3.63) is 5.82 Å². The lowest BCUT2D eigenvalue weighted by Crippen LogP contribution is -2.25. The summed E-state index contributed by atoms with van der Waals surface area (Å²) in [7, 11) is -2.59. The third-order valence-corrected chi connectivity index (χ3v) is 2.36. The van der Waals surface area contributed by atoms with Crippen LogP contribution in [0.4, 0.5) is 0 Å². The van der Waals surface area contributed by atoms with E-state index >= 15 is 0 Å². The Balaban J connectivity index is 2.96. The van der Waals surface area contributed by atoms with Crippen LogP contribution in [-0.2, 0) is 14.2 Å². The SMILES string of the molecule is CCO/N=C(\C(N)=O)c1nsc(OP(=N)=O)n1. The maximum absolute atomic E-state index is 11.0. The number of aromatic nitrogens is 2. The molecule has 0 aliphatic rings. The molecule has 0 aliphatic heterocycles. The molecule has 1 atom stereocenters. The van der Waals surface area contributed by atoms with Crippen molar-refractivity contribution in [1.29, 1.82) is 5.16 Å². The van der Waals surface area contributed by atoms with Gasteiger partial charge in [-0.25, -0.2) is 9.73 Å². The third kappa shape index (κ3) is 3.93. The van der Waals surface area contributed by atoms with E-state index in [1.54, 1.807) is 6.92 Å². The van der Waals surface area contributed by atoms with Gasteiger partial charge in [0.15, 0.2) is 0 Å². The molecule has 0 saturated heterocycles. The van der Waals surface area contributed by atoms with Crippen LogP contribution in [0.5, 0.6) is 5.19 Å². The molecule has 1 aromatic rings. The standard InChI is InChI=1S/C6H8N5O4PS/c1-2-14-10-3(4(7)12)5-9-6(17-11-5)15-16(8)13/h8H,2H2,1H3,(H2,7,12)/b10-3+. The van der Waals surface area contributed by atoms with Crippen LogP contribution in [-0.4, -0.2) is 27.6 Å². The van der Waals surface area contributed by atoms with Crippen molar-refractivity contribution in [2.24, 2.45) is 10.9 Å². The largest absolute Gasteiger partial charge is 0.400 e. The smallest absolute Gasteiger partial charge is 0.395 e. The minimum atomic E-state index is -2.59. The van der Waals surface area contributed by atoms with Gasteiger partial charge in [-0.1, -0.05) is 5.16 Å². The van der Waals surface area contributed by atoms with Gasteiger partial charge in [-0.15, -0.1) is 0 Å². The second kappa shape index (κ2) is 6.06. The van der Waals surface area contributed by atoms with Crippen molar-refractivity contribution < 1.29 is 18.7 Å². The van der Waals surface area contributed by atoms with E-state index in [1.165, 1.54) is 0 Å². The Morgan fingerprint density at radius 3 is 2.94 bits per heavy atom. The minimum absolute atomic E-state index is 0.0946. The van der Waals surface area contributed by atoms with Crippen molar-refractivity contribution in [3.63, 3.8) is 0 Å². The Morgan fingerprint density at radius 2 is 2.41 bits per heavy atom. The van der Waals surface area contributed by atoms with E-state index in [0.717, 1.165) is 11.5 Å². The van der Waals surface area contributed by atoms with Crippen LogP contribution < -0.4 is 10.3 Å². The molecule has 17 heavy (non-hydrogen) atoms. The van der Waals surface area contributed by atoms with Gasteiger partial charge < -0.3 is 15.1 Å². The maximum atomic E-state index is 11.0. The van der Waals surface area contributed by atoms with Crippen molar-refractivity contribution >= 4 is 31.0 Å². The third-order valence-electron chi connectivity index (χ3n) is 1.30. The zero-order valence-electron chi connectivity index (χ0n) is 8.61. The number of carbonyl (C=O) groups is 1. The molecular weight excluding hydrogens is 269 g/mol. The molecule has 11 heteroatoms. The second-order valence-corrected chi connectivity index (χ2v) is 3.87. The zero-order valence-corrected chi connectivity index (χ0v) is 10.3. The fourth-order valence-electron chi connectivity index (χ4n) is 0.739. The highest BCUT2D eigenvalue weighted by Crippen LogP contribution is 2.21. The molecule has 0 bridgehead atoms. The van der Waals surface area contributed by atoms with Crippen LogP contribution in [0.3, 0.4) is 0 Å². The number of amides is 1. The molecule has 0 spiro atoms. The van der Waals surface area contributed by atoms with E-state index < -0.39 is 13.7 Å². The molecule has 0 fully saturated rings. The normalized spacial score (nSPS) is 12.1. The molecule has 0 aromatic carbocycles. The molecule has 1 rings (SSSR count). The van der Waals surface area contributed by atoms with Crippen LogP contribution >= 0.6 is 19.4 Å². The van der Waals surface area contributed by atoms with Gasteiger partial charge in [0, 0.05) is 11.5 Å². The molecule has 3 N–H and O–H groups in total. The summed E-state index contributed by atoms with van der Waals surface area (Å²) in [6.45, 7) is 1.93. The van der Waals surface area contributed by atoms with Gasteiger partial charge in [0.2, 0.25) is 11.5 Å². The number of hydrogen-bond donors (Lipinski definition) is 2. The first-order valence-corrected chi connectivity index (χ1v) is 6.20. The topological polar surface area (TPSA) is 141 Å². The average Bonchev–Trinajstić information content (AvgIpc) is 2.65. The summed E-state index contributed by atoms with van der Waals surface area (Å²) >= 11 is 0.726. The van der Waals surface area contributed by atoms with E-state index in [2.05, 4.69) is 23.9 Å². The number of nitrogens with one attached hydrogen (secondary N) is 1. The molecule has 0 aliphatic carbocycles. The van der Waals surface area contributed by atoms with E-state index in [1.807, 2.05) is 0 Å². The monoisotopic (exact) mass is 277 g/mol. The zero-order chi connectivity index (χ0) is 12.8. The van der Waals surface area contributed by atoms with Gasteiger partial charge in [0.25, 0.3) is 5.91 Å². The fraction of sp³-hybridized carbons (Fsp3) is 0.333. The van der Waals surface area contributed by atoms with Crippen molar-refractivity contribution in [3.8, 4) is 5.19 Å². The summed E-state index contributed by atoms with van der Waals surface area (Å²) in [5.41, 5.74) is 4.79. The summed E-state index contributed by atoms with van der Waals surface area (Å²) in [6.07, 6.45) is 0. The van der Waals surface area contributed by atoms with Gasteiger partial charge >= 0.3 is 13.0 Å². The number of oxime groups is 1. The van der Waals surface area contributed by atoms with Gasteiger partial charge in [0.1, 0.15) is 6.61 Å². The van der Waals surface area contributed by atoms with Gasteiger partial charge in [-0.3, -0.25) is 4.79 Å². The quantitative estimate of drug-likeness (QED) is 0.444. The molecule has 1 amide bonds. The number of carbonyl (C=O) groups excluding carboxylic acids is 1.